The first-order valence-corrected chi connectivity index (χ1v) is 9.41. The summed E-state index contributed by atoms with van der Waals surface area (Å²) < 4.78 is 8.48. The van der Waals surface area contributed by atoms with Crippen LogP contribution in [0.4, 0.5) is 0 Å². The van der Waals surface area contributed by atoms with E-state index in [0.29, 0.717) is 6.04 Å². The van der Waals surface area contributed by atoms with E-state index in [2.05, 4.69) is 36.7 Å². The first kappa shape index (κ1) is 13.8. The fourth-order valence-corrected chi connectivity index (χ4v) is 5.89. The maximum atomic E-state index is 6.73. The van der Waals surface area contributed by atoms with E-state index < -0.39 is 7.79 Å². The van der Waals surface area contributed by atoms with Gasteiger partial charge < -0.3 is 4.43 Å². The molecule has 0 aliphatic carbocycles. The molecule has 1 aliphatic heterocycles. The topological polar surface area (TPSA) is 12.5 Å². The lowest BCUT2D eigenvalue weighted by molar-refractivity contribution is 0.207. The Morgan fingerprint density at radius 3 is 2.67 bits per heavy atom. The summed E-state index contributed by atoms with van der Waals surface area (Å²) in [6.07, 6.45) is 4.23. The summed E-state index contributed by atoms with van der Waals surface area (Å²) in [6, 6.07) is 11.5. The molecular weight excluding hydrogens is 262 g/mol. The van der Waals surface area contributed by atoms with Crippen LogP contribution in [0, 0.1) is 0 Å². The third-order valence-corrected chi connectivity index (χ3v) is 7.96. The van der Waals surface area contributed by atoms with Crippen LogP contribution in [0.15, 0.2) is 42.5 Å². The van der Waals surface area contributed by atoms with Crippen molar-refractivity contribution in [3.63, 3.8) is 0 Å². The van der Waals surface area contributed by atoms with Crippen molar-refractivity contribution in [2.24, 2.45) is 0 Å². The van der Waals surface area contributed by atoms with Gasteiger partial charge in [-0.3, -0.25) is 4.57 Å². The number of allylic oxidation sites excluding steroid dienone is 2. The number of likely N-dealkylation sites (N-methyl/N-ethyl adjacent to an activating group) is 1. The van der Waals surface area contributed by atoms with Gasteiger partial charge in [0.1, 0.15) is 0 Å². The number of hydrogen-bond donors (Lipinski definition) is 0. The maximum absolute atomic E-state index is 6.73. The van der Waals surface area contributed by atoms with E-state index in [4.69, 9.17) is 15.5 Å². The highest BCUT2D eigenvalue weighted by atomic mass is 35.6. The summed E-state index contributed by atoms with van der Waals surface area (Å²) >= 11 is 6.73. The average molecular weight is 282 g/mol. The molecule has 0 spiro atoms. The highest BCUT2D eigenvalue weighted by Gasteiger charge is 2.51. The van der Waals surface area contributed by atoms with Crippen LogP contribution in [0.1, 0.15) is 25.5 Å². The van der Waals surface area contributed by atoms with E-state index in [0.717, 1.165) is 6.04 Å². The van der Waals surface area contributed by atoms with E-state index in [1.807, 2.05) is 31.2 Å². The van der Waals surface area contributed by atoms with E-state index in [-0.39, 0.29) is 6.10 Å². The third kappa shape index (κ3) is 2.54. The Labute approximate surface area is 115 Å². The monoisotopic (exact) mass is 281 g/mol. The van der Waals surface area contributed by atoms with Crippen molar-refractivity contribution < 1.29 is 4.43 Å². The molecule has 1 saturated heterocycles. The molecule has 1 aliphatic rings. The van der Waals surface area contributed by atoms with Crippen molar-refractivity contribution in [3.8, 4) is 0 Å². The summed E-state index contributed by atoms with van der Waals surface area (Å²) in [7, 11) is -0.221. The fraction of sp³-hybridized carbons (Fsp3) is 0.429. The van der Waals surface area contributed by atoms with Crippen LogP contribution in [-0.2, 0) is 4.43 Å². The zero-order valence-corrected chi connectivity index (χ0v) is 12.9. The summed E-state index contributed by atoms with van der Waals surface area (Å²) in [4.78, 5) is 0. The zero-order valence-electron chi connectivity index (χ0n) is 11.1. The molecule has 1 fully saturated rings. The molecule has 1 aromatic carbocycles. The van der Waals surface area contributed by atoms with Gasteiger partial charge in [-0.2, -0.15) is 0 Å². The largest absolute Gasteiger partial charge is 0.383 e. The highest BCUT2D eigenvalue weighted by Crippen LogP contribution is 2.41. The molecule has 0 bridgehead atoms. The van der Waals surface area contributed by atoms with Crippen LogP contribution in [0.5, 0.6) is 0 Å². The number of nitrogens with zero attached hydrogens (tertiary/aromatic N) is 1. The van der Waals surface area contributed by atoms with E-state index >= 15 is 0 Å². The number of benzene rings is 1. The Morgan fingerprint density at radius 1 is 1.39 bits per heavy atom. The Bertz CT molecular complexity index is 425. The second-order valence-corrected chi connectivity index (χ2v) is 9.26. The van der Waals surface area contributed by atoms with Crippen LogP contribution < -0.4 is 0 Å². The summed E-state index contributed by atoms with van der Waals surface area (Å²) in [5.74, 6) is 0. The summed E-state index contributed by atoms with van der Waals surface area (Å²) in [5, 5.41) is 0. The second kappa shape index (κ2) is 5.57. The van der Waals surface area contributed by atoms with E-state index in [9.17, 15) is 0 Å². The average Bonchev–Trinajstić information content (AvgIpc) is 2.63. The smallest absolute Gasteiger partial charge is 0.377 e. The molecule has 98 valence electrons. The van der Waals surface area contributed by atoms with Crippen molar-refractivity contribution in [3.05, 3.63) is 48.0 Å². The van der Waals surface area contributed by atoms with Crippen molar-refractivity contribution in [2.75, 3.05) is 7.05 Å². The van der Waals surface area contributed by atoms with Crippen molar-refractivity contribution in [1.29, 1.82) is 0 Å². The van der Waals surface area contributed by atoms with Gasteiger partial charge in [-0.25, -0.2) is 0 Å². The Kier molecular flexibility index (Phi) is 4.28. The van der Waals surface area contributed by atoms with Gasteiger partial charge in [0.25, 0.3) is 0 Å². The van der Waals surface area contributed by atoms with Gasteiger partial charge in [0.15, 0.2) is 0 Å². The van der Waals surface area contributed by atoms with Crippen LogP contribution in [0.3, 0.4) is 0 Å². The minimum Gasteiger partial charge on any atom is -0.383 e. The lowest BCUT2D eigenvalue weighted by Gasteiger charge is -2.25. The molecular formula is C14H20ClNOSi. The Balaban J connectivity index is 2.22. The molecule has 1 aromatic rings. The molecule has 1 unspecified atom stereocenters. The molecule has 0 amide bonds. The number of halogens is 1. The van der Waals surface area contributed by atoms with Gasteiger partial charge in [0, 0.05) is 12.1 Å². The molecule has 2 nitrogen and oxygen atoms in total. The SMILES string of the molecule is C/C=C\C[Si]1(Cl)O[C@H](c2ccccc2)[C@@H](C)N1C. The van der Waals surface area contributed by atoms with Crippen LogP contribution in [0.25, 0.3) is 0 Å². The zero-order chi connectivity index (χ0) is 13.2. The Hall–Kier alpha value is -0.613. The van der Waals surface area contributed by atoms with Gasteiger partial charge in [-0.05, 0) is 26.5 Å². The van der Waals surface area contributed by atoms with E-state index in [1.54, 1.807) is 0 Å². The normalized spacial score (nSPS) is 33.3. The second-order valence-electron chi connectivity index (χ2n) is 4.76. The number of hydrogen-bond acceptors (Lipinski definition) is 2. The summed E-state index contributed by atoms with van der Waals surface area (Å²) in [5.41, 5.74) is 1.22. The van der Waals surface area contributed by atoms with Gasteiger partial charge in [-0.1, -0.05) is 42.5 Å². The predicted octanol–water partition coefficient (Wildman–Crippen LogP) is 3.83. The Morgan fingerprint density at radius 2 is 2.06 bits per heavy atom. The molecule has 0 radical (unpaired) electrons. The quantitative estimate of drug-likeness (QED) is 0.474. The van der Waals surface area contributed by atoms with Gasteiger partial charge in [-0.15, -0.1) is 11.1 Å². The molecule has 18 heavy (non-hydrogen) atoms. The molecule has 0 saturated carbocycles. The molecule has 2 rings (SSSR count). The molecule has 4 heteroatoms. The minimum atomic E-state index is -2.30. The first-order valence-electron chi connectivity index (χ1n) is 6.34. The van der Waals surface area contributed by atoms with Gasteiger partial charge in [0.05, 0.1) is 6.10 Å². The van der Waals surface area contributed by atoms with Crippen LogP contribution in [-0.4, -0.2) is 25.4 Å². The minimum absolute atomic E-state index is 0.0885. The maximum Gasteiger partial charge on any atom is 0.377 e. The molecule has 1 heterocycles. The van der Waals surface area contributed by atoms with E-state index in [1.165, 1.54) is 5.56 Å². The van der Waals surface area contributed by atoms with Gasteiger partial charge >= 0.3 is 7.79 Å². The van der Waals surface area contributed by atoms with Gasteiger partial charge in [0.2, 0.25) is 0 Å². The van der Waals surface area contributed by atoms with Crippen molar-refractivity contribution >= 4 is 18.9 Å². The lowest BCUT2D eigenvalue weighted by atomic mass is 10.0. The third-order valence-electron chi connectivity index (χ3n) is 3.62. The molecule has 0 aromatic heterocycles. The highest BCUT2D eigenvalue weighted by molar-refractivity contribution is 7.15. The predicted molar refractivity (Wildman–Crippen MR) is 78.7 cm³/mol. The molecule has 0 N–H and O–H groups in total. The first-order chi connectivity index (χ1) is 8.58. The standard InChI is InChI=1S/C14H20ClNOSi/c1-4-5-11-18(15)16(3)12(2)14(17-18)13-9-7-6-8-10-13/h4-10,12,14H,11H2,1-3H3/b5-4-/t12-,14+,18?/m1/s1. The van der Waals surface area contributed by atoms with Crippen molar-refractivity contribution in [2.45, 2.75) is 32.0 Å². The van der Waals surface area contributed by atoms with Crippen molar-refractivity contribution in [1.82, 2.24) is 4.57 Å². The fourth-order valence-electron chi connectivity index (χ4n) is 2.33. The van der Waals surface area contributed by atoms with Crippen LogP contribution in [0.2, 0.25) is 6.04 Å². The molecule has 3 atom stereocenters. The number of rotatable bonds is 3. The lowest BCUT2D eigenvalue weighted by Crippen LogP contribution is -2.44. The van der Waals surface area contributed by atoms with Crippen LogP contribution >= 0.6 is 11.1 Å². The summed E-state index contributed by atoms with van der Waals surface area (Å²) in [6.45, 7) is 4.20.